The molecule has 0 aliphatic heterocycles. The predicted molar refractivity (Wildman–Crippen MR) is 62.8 cm³/mol. The molecule has 6 nitrogen and oxygen atoms in total. The van der Waals surface area contributed by atoms with Crippen LogP contribution < -0.4 is 11.5 Å². The Morgan fingerprint density at radius 2 is 2.06 bits per heavy atom. The van der Waals surface area contributed by atoms with Crippen LogP contribution in [-0.2, 0) is 9.53 Å². The van der Waals surface area contributed by atoms with E-state index in [0.29, 0.717) is 23.2 Å². The van der Waals surface area contributed by atoms with Crippen LogP contribution in [0.25, 0.3) is 0 Å². The fourth-order valence-electron chi connectivity index (χ4n) is 1.05. The van der Waals surface area contributed by atoms with Crippen LogP contribution in [0.2, 0.25) is 0 Å². The number of nitrogen functional groups attached to an aromatic ring is 2. The summed E-state index contributed by atoms with van der Waals surface area (Å²) < 4.78 is 4.56. The second-order valence-electron chi connectivity index (χ2n) is 3.21. The van der Waals surface area contributed by atoms with Crippen molar-refractivity contribution >= 4 is 29.4 Å². The van der Waals surface area contributed by atoms with E-state index in [1.165, 1.54) is 24.9 Å². The summed E-state index contributed by atoms with van der Waals surface area (Å²) in [5.41, 5.74) is 11.1. The monoisotopic (exact) mass is 242 g/mol. The molecule has 1 aromatic rings. The summed E-state index contributed by atoms with van der Waals surface area (Å²) in [6.45, 7) is 1.88. The van der Waals surface area contributed by atoms with Gasteiger partial charge in [0.15, 0.2) is 5.16 Å². The Hall–Kier alpha value is -1.50. The zero-order chi connectivity index (χ0) is 12.1. The lowest BCUT2D eigenvalue weighted by Crippen LogP contribution is -2.09. The molecule has 4 N–H and O–H groups in total. The maximum Gasteiger partial charge on any atom is 0.306 e. The zero-order valence-electron chi connectivity index (χ0n) is 9.14. The molecular weight excluding hydrogens is 228 g/mol. The Morgan fingerprint density at radius 1 is 1.50 bits per heavy atom. The first kappa shape index (κ1) is 12.6. The van der Waals surface area contributed by atoms with Crippen molar-refractivity contribution in [2.45, 2.75) is 23.8 Å². The fourth-order valence-corrected chi connectivity index (χ4v) is 1.95. The number of rotatable bonds is 4. The van der Waals surface area contributed by atoms with E-state index in [1.807, 2.05) is 6.92 Å². The molecule has 1 aromatic heterocycles. The fraction of sp³-hybridized carbons (Fsp3) is 0.444. The van der Waals surface area contributed by atoms with Crippen LogP contribution >= 0.6 is 11.8 Å². The van der Waals surface area contributed by atoms with Gasteiger partial charge in [-0.15, -0.1) is 0 Å². The molecule has 1 rings (SSSR count). The van der Waals surface area contributed by atoms with Crippen molar-refractivity contribution in [3.63, 3.8) is 0 Å². The predicted octanol–water partition coefficient (Wildman–Crippen LogP) is 0.685. The molecule has 1 heterocycles. The van der Waals surface area contributed by atoms with Gasteiger partial charge in [0.25, 0.3) is 0 Å². The molecule has 7 heteroatoms. The Morgan fingerprint density at radius 3 is 2.56 bits per heavy atom. The molecule has 0 saturated heterocycles. The molecule has 0 radical (unpaired) electrons. The highest BCUT2D eigenvalue weighted by Crippen LogP contribution is 2.23. The van der Waals surface area contributed by atoms with Crippen molar-refractivity contribution in [3.05, 3.63) is 6.07 Å². The van der Waals surface area contributed by atoms with Crippen LogP contribution in [-0.4, -0.2) is 28.3 Å². The molecule has 0 amide bonds. The molecule has 0 aromatic carbocycles. The van der Waals surface area contributed by atoms with Crippen LogP contribution in [0.15, 0.2) is 11.2 Å². The van der Waals surface area contributed by atoms with Crippen LogP contribution in [0.4, 0.5) is 11.6 Å². The minimum absolute atomic E-state index is 0.00801. The van der Waals surface area contributed by atoms with E-state index in [9.17, 15) is 4.79 Å². The van der Waals surface area contributed by atoms with Gasteiger partial charge in [-0.3, -0.25) is 4.79 Å². The lowest BCUT2D eigenvalue weighted by Gasteiger charge is -2.08. The minimum atomic E-state index is -0.267. The zero-order valence-corrected chi connectivity index (χ0v) is 9.95. The number of anilines is 2. The van der Waals surface area contributed by atoms with E-state index < -0.39 is 0 Å². The molecule has 0 fully saturated rings. The van der Waals surface area contributed by atoms with Gasteiger partial charge in [-0.2, -0.15) is 0 Å². The van der Waals surface area contributed by atoms with E-state index in [2.05, 4.69) is 14.7 Å². The Bertz CT molecular complexity index is 366. The Kier molecular flexibility index (Phi) is 4.36. The van der Waals surface area contributed by atoms with Gasteiger partial charge in [-0.25, -0.2) is 9.97 Å². The highest BCUT2D eigenvalue weighted by Gasteiger charge is 2.12. The second kappa shape index (κ2) is 5.55. The van der Waals surface area contributed by atoms with Crippen molar-refractivity contribution in [1.82, 2.24) is 9.97 Å². The maximum atomic E-state index is 11.0. The van der Waals surface area contributed by atoms with E-state index >= 15 is 0 Å². The number of carbonyl (C=O) groups excluding carboxylic acids is 1. The third-order valence-electron chi connectivity index (χ3n) is 1.73. The van der Waals surface area contributed by atoms with Gasteiger partial charge in [0.1, 0.15) is 11.6 Å². The molecule has 0 aliphatic carbocycles. The quantitative estimate of drug-likeness (QED) is 0.454. The van der Waals surface area contributed by atoms with Gasteiger partial charge in [-0.05, 0) is 0 Å². The van der Waals surface area contributed by atoms with Gasteiger partial charge in [0, 0.05) is 11.3 Å². The summed E-state index contributed by atoms with van der Waals surface area (Å²) in [6, 6.07) is 1.48. The number of carbonyl (C=O) groups is 1. The van der Waals surface area contributed by atoms with Crippen molar-refractivity contribution in [1.29, 1.82) is 0 Å². The minimum Gasteiger partial charge on any atom is -0.469 e. The maximum absolute atomic E-state index is 11.0. The van der Waals surface area contributed by atoms with E-state index in [1.54, 1.807) is 0 Å². The van der Waals surface area contributed by atoms with Gasteiger partial charge in [0.05, 0.1) is 13.5 Å². The number of aromatic nitrogens is 2. The first-order chi connectivity index (χ1) is 7.51. The molecule has 0 spiro atoms. The number of methoxy groups -OCH3 is 1. The SMILES string of the molecule is COC(=O)CC(C)Sc1nc(N)cc(N)n1. The topological polar surface area (TPSA) is 104 Å². The average Bonchev–Trinajstić information content (AvgIpc) is 2.15. The standard InChI is InChI=1S/C9H14N4O2S/c1-5(3-8(14)15-2)16-9-12-6(10)4-7(11)13-9/h4-5H,3H2,1-2H3,(H4,10,11,12,13). The molecular formula is C9H14N4O2S. The number of nitrogens with zero attached hydrogens (tertiary/aromatic N) is 2. The van der Waals surface area contributed by atoms with Crippen molar-refractivity contribution in [2.24, 2.45) is 0 Å². The average molecular weight is 242 g/mol. The molecule has 0 bridgehead atoms. The lowest BCUT2D eigenvalue weighted by molar-refractivity contribution is -0.140. The summed E-state index contributed by atoms with van der Waals surface area (Å²) in [6.07, 6.45) is 0.291. The number of hydrogen-bond acceptors (Lipinski definition) is 7. The van der Waals surface area contributed by atoms with Gasteiger partial charge in [0.2, 0.25) is 0 Å². The van der Waals surface area contributed by atoms with Gasteiger partial charge in [-0.1, -0.05) is 18.7 Å². The molecule has 0 saturated carbocycles. The Labute approximate surface area is 97.8 Å². The van der Waals surface area contributed by atoms with Gasteiger partial charge >= 0.3 is 5.97 Å². The first-order valence-corrected chi connectivity index (χ1v) is 5.52. The third kappa shape index (κ3) is 3.93. The molecule has 1 atom stereocenters. The van der Waals surface area contributed by atoms with Crippen LogP contribution in [0.3, 0.4) is 0 Å². The number of ether oxygens (including phenoxy) is 1. The van der Waals surface area contributed by atoms with Gasteiger partial charge < -0.3 is 16.2 Å². The summed E-state index contributed by atoms with van der Waals surface area (Å²) in [5, 5.41) is 0.475. The van der Waals surface area contributed by atoms with Crippen molar-refractivity contribution in [3.8, 4) is 0 Å². The first-order valence-electron chi connectivity index (χ1n) is 4.64. The lowest BCUT2D eigenvalue weighted by atomic mass is 10.3. The molecule has 0 aliphatic rings. The van der Waals surface area contributed by atoms with Crippen molar-refractivity contribution in [2.75, 3.05) is 18.6 Å². The molecule has 1 unspecified atom stereocenters. The number of hydrogen-bond donors (Lipinski definition) is 2. The van der Waals surface area contributed by atoms with Crippen LogP contribution in [0, 0.1) is 0 Å². The van der Waals surface area contributed by atoms with E-state index in [4.69, 9.17) is 11.5 Å². The Balaban J connectivity index is 2.62. The summed E-state index contributed by atoms with van der Waals surface area (Å²) in [4.78, 5) is 19.0. The van der Waals surface area contributed by atoms with E-state index in [0.717, 1.165) is 0 Å². The number of nitrogens with two attached hydrogens (primary N) is 2. The number of thioether (sulfide) groups is 1. The summed E-state index contributed by atoms with van der Waals surface area (Å²) in [7, 11) is 1.36. The summed E-state index contributed by atoms with van der Waals surface area (Å²) >= 11 is 1.33. The smallest absolute Gasteiger partial charge is 0.306 e. The normalized spacial score (nSPS) is 12.1. The van der Waals surface area contributed by atoms with Crippen LogP contribution in [0.1, 0.15) is 13.3 Å². The molecule has 16 heavy (non-hydrogen) atoms. The second-order valence-corrected chi connectivity index (χ2v) is 4.61. The summed E-state index contributed by atoms with van der Waals surface area (Å²) in [5.74, 6) is 0.373. The largest absolute Gasteiger partial charge is 0.469 e. The highest BCUT2D eigenvalue weighted by atomic mass is 32.2. The third-order valence-corrected chi connectivity index (χ3v) is 2.70. The number of esters is 1. The van der Waals surface area contributed by atoms with E-state index in [-0.39, 0.29) is 11.2 Å². The van der Waals surface area contributed by atoms with Crippen molar-refractivity contribution < 1.29 is 9.53 Å². The van der Waals surface area contributed by atoms with Crippen LogP contribution in [0.5, 0.6) is 0 Å². The highest BCUT2D eigenvalue weighted by molar-refractivity contribution is 7.99. The molecule has 88 valence electrons.